The van der Waals surface area contributed by atoms with Gasteiger partial charge in [0.15, 0.2) is 0 Å². The Morgan fingerprint density at radius 3 is 1.94 bits per heavy atom. The average Bonchev–Trinajstić information content (AvgIpc) is 2.25. The number of nitrogens with two attached hydrogens (primary N) is 1. The van der Waals surface area contributed by atoms with Crippen molar-refractivity contribution in [3.05, 3.63) is 51.5 Å². The third-order valence-electron chi connectivity index (χ3n) is 2.09. The first-order valence-corrected chi connectivity index (χ1v) is 5.87. The van der Waals surface area contributed by atoms with Crippen molar-refractivity contribution in [3.63, 3.8) is 0 Å². The molecule has 0 amide bonds. The van der Waals surface area contributed by atoms with Crippen LogP contribution < -0.4 is 10.5 Å². The zero-order valence-corrected chi connectivity index (χ0v) is 12.1. The van der Waals surface area contributed by atoms with Gasteiger partial charge in [0.1, 0.15) is 11.5 Å². The summed E-state index contributed by atoms with van der Waals surface area (Å²) in [7, 11) is 0. The maximum absolute atomic E-state index is 5.99. The molecule has 2 aromatic rings. The Bertz CT molecular complexity index is 510. The molecule has 6 heteroatoms. The molecule has 96 valence electrons. The van der Waals surface area contributed by atoms with Crippen LogP contribution in [0.5, 0.6) is 11.5 Å². The van der Waals surface area contributed by atoms with E-state index in [0.29, 0.717) is 32.3 Å². The van der Waals surface area contributed by atoms with Crippen molar-refractivity contribution in [2.24, 2.45) is 0 Å². The van der Waals surface area contributed by atoms with Gasteiger partial charge in [0, 0.05) is 10.0 Å². The molecule has 0 aromatic heterocycles. The van der Waals surface area contributed by atoms with Gasteiger partial charge in [-0.3, -0.25) is 0 Å². The van der Waals surface area contributed by atoms with Crippen LogP contribution in [0.2, 0.25) is 15.1 Å². The SMILES string of the molecule is Cl.Nc1cc(Cl)ccc1Oc1ccc(Cl)cc1Cl. The number of nitrogen functional groups attached to an aromatic ring is 1. The molecule has 2 N–H and O–H groups in total. The van der Waals surface area contributed by atoms with Gasteiger partial charge in [0.25, 0.3) is 0 Å². The highest BCUT2D eigenvalue weighted by Gasteiger charge is 2.06. The van der Waals surface area contributed by atoms with Crippen LogP contribution in [0.4, 0.5) is 5.69 Å². The molecular weight excluding hydrogens is 316 g/mol. The molecular formula is C12H9Cl4NO. The molecule has 0 spiro atoms. The third-order valence-corrected chi connectivity index (χ3v) is 2.85. The molecule has 0 heterocycles. The predicted molar refractivity (Wildman–Crippen MR) is 79.6 cm³/mol. The Morgan fingerprint density at radius 2 is 1.39 bits per heavy atom. The maximum atomic E-state index is 5.99. The van der Waals surface area contributed by atoms with E-state index in [1.807, 2.05) is 0 Å². The van der Waals surface area contributed by atoms with Crippen LogP contribution in [0.15, 0.2) is 36.4 Å². The average molecular weight is 325 g/mol. The van der Waals surface area contributed by atoms with E-state index in [2.05, 4.69) is 0 Å². The smallest absolute Gasteiger partial charge is 0.150 e. The molecule has 0 fully saturated rings. The largest absolute Gasteiger partial charge is 0.454 e. The lowest BCUT2D eigenvalue weighted by atomic mass is 10.3. The zero-order valence-electron chi connectivity index (χ0n) is 8.99. The van der Waals surface area contributed by atoms with Crippen LogP contribution in [0.1, 0.15) is 0 Å². The van der Waals surface area contributed by atoms with E-state index in [4.69, 9.17) is 45.3 Å². The predicted octanol–water partition coefficient (Wildman–Crippen LogP) is 5.44. The van der Waals surface area contributed by atoms with Gasteiger partial charge in [-0.1, -0.05) is 34.8 Å². The number of ether oxygens (including phenoxy) is 1. The van der Waals surface area contributed by atoms with Crippen molar-refractivity contribution in [3.8, 4) is 11.5 Å². The summed E-state index contributed by atoms with van der Waals surface area (Å²) in [6.07, 6.45) is 0. The lowest BCUT2D eigenvalue weighted by Gasteiger charge is -2.10. The molecule has 2 nitrogen and oxygen atoms in total. The highest BCUT2D eigenvalue weighted by Crippen LogP contribution is 2.34. The number of hydrogen-bond acceptors (Lipinski definition) is 2. The Hall–Kier alpha value is -0.800. The molecule has 0 bridgehead atoms. The molecule has 0 radical (unpaired) electrons. The van der Waals surface area contributed by atoms with E-state index < -0.39 is 0 Å². The number of benzene rings is 2. The number of halogens is 4. The van der Waals surface area contributed by atoms with Crippen molar-refractivity contribution in [1.82, 2.24) is 0 Å². The molecule has 0 aliphatic heterocycles. The van der Waals surface area contributed by atoms with Crippen LogP contribution in [-0.2, 0) is 0 Å². The van der Waals surface area contributed by atoms with Gasteiger partial charge in [0.05, 0.1) is 10.7 Å². The van der Waals surface area contributed by atoms with Crippen molar-refractivity contribution < 1.29 is 4.74 Å². The molecule has 0 saturated carbocycles. The summed E-state index contributed by atoms with van der Waals surface area (Å²) in [6, 6.07) is 9.96. The Kier molecular flexibility index (Phi) is 5.42. The fourth-order valence-electron chi connectivity index (χ4n) is 1.29. The van der Waals surface area contributed by atoms with Gasteiger partial charge in [0.2, 0.25) is 0 Å². The van der Waals surface area contributed by atoms with Crippen LogP contribution in [-0.4, -0.2) is 0 Å². The number of rotatable bonds is 2. The molecule has 2 aromatic carbocycles. The van der Waals surface area contributed by atoms with Crippen molar-refractivity contribution >= 4 is 52.9 Å². The highest BCUT2D eigenvalue weighted by atomic mass is 35.5. The standard InChI is InChI=1S/C12H8Cl3NO.ClH/c13-7-1-3-11(9(15)5-7)17-12-4-2-8(14)6-10(12)16;/h1-6H,16H2;1H. The summed E-state index contributed by atoms with van der Waals surface area (Å²) in [5.41, 5.74) is 6.22. The Balaban J connectivity index is 0.00000162. The van der Waals surface area contributed by atoms with Gasteiger partial charge in [-0.05, 0) is 36.4 Å². The molecule has 0 unspecified atom stereocenters. The van der Waals surface area contributed by atoms with E-state index in [1.54, 1.807) is 36.4 Å². The quantitative estimate of drug-likeness (QED) is 0.746. The molecule has 2 rings (SSSR count). The lowest BCUT2D eigenvalue weighted by Crippen LogP contribution is -1.92. The van der Waals surface area contributed by atoms with Crippen molar-refractivity contribution in [2.45, 2.75) is 0 Å². The van der Waals surface area contributed by atoms with Gasteiger partial charge in [-0.15, -0.1) is 12.4 Å². The first-order valence-electron chi connectivity index (χ1n) is 4.74. The second-order valence-corrected chi connectivity index (χ2v) is 4.64. The normalized spacial score (nSPS) is 9.72. The summed E-state index contributed by atoms with van der Waals surface area (Å²) >= 11 is 17.6. The van der Waals surface area contributed by atoms with Crippen molar-refractivity contribution in [1.29, 1.82) is 0 Å². The number of anilines is 1. The fourth-order valence-corrected chi connectivity index (χ4v) is 1.92. The van der Waals surface area contributed by atoms with Gasteiger partial charge >= 0.3 is 0 Å². The van der Waals surface area contributed by atoms with Gasteiger partial charge < -0.3 is 10.5 Å². The summed E-state index contributed by atoms with van der Waals surface area (Å²) in [5, 5.41) is 1.52. The van der Waals surface area contributed by atoms with Crippen molar-refractivity contribution in [2.75, 3.05) is 5.73 Å². The van der Waals surface area contributed by atoms with E-state index in [-0.39, 0.29) is 12.4 Å². The van der Waals surface area contributed by atoms with Gasteiger partial charge in [-0.2, -0.15) is 0 Å². The molecule has 0 atom stereocenters. The van der Waals surface area contributed by atoms with Crippen LogP contribution in [0.25, 0.3) is 0 Å². The summed E-state index contributed by atoms with van der Waals surface area (Å²) in [4.78, 5) is 0. The van der Waals surface area contributed by atoms with E-state index >= 15 is 0 Å². The molecule has 0 aliphatic carbocycles. The lowest BCUT2D eigenvalue weighted by molar-refractivity contribution is 0.485. The van der Waals surface area contributed by atoms with Crippen LogP contribution in [0.3, 0.4) is 0 Å². The Morgan fingerprint density at radius 1 is 0.833 bits per heavy atom. The monoisotopic (exact) mass is 323 g/mol. The highest BCUT2D eigenvalue weighted by molar-refractivity contribution is 6.35. The molecule has 0 aliphatic rings. The summed E-state index contributed by atoms with van der Waals surface area (Å²) < 4.78 is 5.58. The maximum Gasteiger partial charge on any atom is 0.150 e. The topological polar surface area (TPSA) is 35.2 Å². The molecule has 18 heavy (non-hydrogen) atoms. The summed E-state index contributed by atoms with van der Waals surface area (Å²) in [5.74, 6) is 0.990. The van der Waals surface area contributed by atoms with E-state index in [1.165, 1.54) is 0 Å². The second kappa shape index (κ2) is 6.39. The minimum absolute atomic E-state index is 0. The zero-order chi connectivity index (χ0) is 12.4. The molecule has 0 saturated heterocycles. The third kappa shape index (κ3) is 3.59. The fraction of sp³-hybridized carbons (Fsp3) is 0. The van der Waals surface area contributed by atoms with E-state index in [9.17, 15) is 0 Å². The van der Waals surface area contributed by atoms with Crippen LogP contribution >= 0.6 is 47.2 Å². The van der Waals surface area contributed by atoms with Gasteiger partial charge in [-0.25, -0.2) is 0 Å². The first kappa shape index (κ1) is 15.3. The van der Waals surface area contributed by atoms with Crippen LogP contribution in [0, 0.1) is 0 Å². The minimum Gasteiger partial charge on any atom is -0.454 e. The van der Waals surface area contributed by atoms with E-state index in [0.717, 1.165) is 0 Å². The first-order chi connectivity index (χ1) is 8.06. The Labute approximate surface area is 126 Å². The number of hydrogen-bond donors (Lipinski definition) is 1. The summed E-state index contributed by atoms with van der Waals surface area (Å²) in [6.45, 7) is 0. The second-order valence-electron chi connectivity index (χ2n) is 3.36. The minimum atomic E-state index is 0.